The maximum absolute atomic E-state index is 10.9. The highest BCUT2D eigenvalue weighted by atomic mass is 32.2. The Labute approximate surface area is 108 Å². The molecule has 0 radical (unpaired) electrons. The van der Waals surface area contributed by atoms with Crippen molar-refractivity contribution in [2.75, 3.05) is 30.5 Å². The van der Waals surface area contributed by atoms with Gasteiger partial charge in [0.05, 0.1) is 12.4 Å². The van der Waals surface area contributed by atoms with Gasteiger partial charge in [0.2, 0.25) is 5.88 Å². The zero-order chi connectivity index (χ0) is 13.4. The van der Waals surface area contributed by atoms with E-state index in [-0.39, 0.29) is 5.75 Å². The van der Waals surface area contributed by atoms with E-state index in [0.717, 1.165) is 6.42 Å². The number of ether oxygens (including phenoxy) is 1. The maximum atomic E-state index is 10.9. The highest BCUT2D eigenvalue weighted by molar-refractivity contribution is 7.90. The molecule has 0 atom stereocenters. The predicted molar refractivity (Wildman–Crippen MR) is 70.6 cm³/mol. The van der Waals surface area contributed by atoms with Crippen LogP contribution in [0.15, 0.2) is 12.4 Å². The van der Waals surface area contributed by atoms with Gasteiger partial charge in [0.1, 0.15) is 22.0 Å². The fraction of sp³-hybridized carbons (Fsp3) is 0.636. The smallest absolute Gasteiger partial charge is 0.218 e. The van der Waals surface area contributed by atoms with Crippen LogP contribution >= 0.6 is 0 Å². The van der Waals surface area contributed by atoms with Gasteiger partial charge >= 0.3 is 0 Å². The van der Waals surface area contributed by atoms with Crippen molar-refractivity contribution in [3.63, 3.8) is 0 Å². The summed E-state index contributed by atoms with van der Waals surface area (Å²) < 4.78 is 27.3. The molecule has 7 heteroatoms. The van der Waals surface area contributed by atoms with Crippen molar-refractivity contribution < 1.29 is 13.2 Å². The van der Waals surface area contributed by atoms with Crippen molar-refractivity contribution in [1.29, 1.82) is 0 Å². The van der Waals surface area contributed by atoms with E-state index in [0.29, 0.717) is 31.3 Å². The third kappa shape index (κ3) is 6.39. The second-order valence-corrected chi connectivity index (χ2v) is 6.26. The van der Waals surface area contributed by atoms with E-state index >= 15 is 0 Å². The van der Waals surface area contributed by atoms with Gasteiger partial charge in [0.25, 0.3) is 0 Å². The minimum absolute atomic E-state index is 0.171. The molecule has 0 aliphatic heterocycles. The zero-order valence-corrected chi connectivity index (χ0v) is 11.5. The third-order valence-corrected chi connectivity index (χ3v) is 3.12. The van der Waals surface area contributed by atoms with Gasteiger partial charge in [-0.1, -0.05) is 6.92 Å². The molecule has 18 heavy (non-hydrogen) atoms. The summed E-state index contributed by atoms with van der Waals surface area (Å²) in [6.07, 6.45) is 4.12. The Morgan fingerprint density at radius 2 is 2.17 bits per heavy atom. The molecule has 102 valence electrons. The highest BCUT2D eigenvalue weighted by Gasteiger charge is 2.02. The fourth-order valence-electron chi connectivity index (χ4n) is 1.27. The van der Waals surface area contributed by atoms with Gasteiger partial charge in [0.15, 0.2) is 0 Å². The molecule has 0 spiro atoms. The van der Waals surface area contributed by atoms with Crippen LogP contribution in [0.25, 0.3) is 0 Å². The molecule has 0 aliphatic carbocycles. The first-order valence-corrected chi connectivity index (χ1v) is 7.94. The normalized spacial score (nSPS) is 11.2. The number of sulfone groups is 1. The van der Waals surface area contributed by atoms with Crippen molar-refractivity contribution in [3.05, 3.63) is 12.4 Å². The van der Waals surface area contributed by atoms with E-state index in [4.69, 9.17) is 4.74 Å². The van der Waals surface area contributed by atoms with Crippen LogP contribution in [0.3, 0.4) is 0 Å². The van der Waals surface area contributed by atoms with Crippen LogP contribution in [-0.4, -0.2) is 43.5 Å². The largest absolute Gasteiger partial charge is 0.478 e. The van der Waals surface area contributed by atoms with E-state index in [2.05, 4.69) is 15.3 Å². The summed E-state index contributed by atoms with van der Waals surface area (Å²) in [5.41, 5.74) is 0. The molecule has 6 nitrogen and oxygen atoms in total. The van der Waals surface area contributed by atoms with Gasteiger partial charge in [-0.15, -0.1) is 0 Å². The van der Waals surface area contributed by atoms with Crippen LogP contribution in [0.1, 0.15) is 19.8 Å². The first-order chi connectivity index (χ1) is 8.51. The highest BCUT2D eigenvalue weighted by Crippen LogP contribution is 2.11. The molecule has 0 fully saturated rings. The Morgan fingerprint density at radius 3 is 2.83 bits per heavy atom. The molecule has 1 aromatic rings. The number of rotatable bonds is 8. The summed E-state index contributed by atoms with van der Waals surface area (Å²) in [6, 6.07) is 1.70. The zero-order valence-electron chi connectivity index (χ0n) is 10.7. The average molecular weight is 273 g/mol. The Kier molecular flexibility index (Phi) is 5.84. The van der Waals surface area contributed by atoms with Crippen molar-refractivity contribution in [2.45, 2.75) is 19.8 Å². The molecule has 0 aromatic carbocycles. The fourth-order valence-corrected chi connectivity index (χ4v) is 1.94. The molecule has 0 saturated carbocycles. The number of nitrogens with zero attached hydrogens (tertiary/aromatic N) is 2. The molecular weight excluding hydrogens is 254 g/mol. The first-order valence-electron chi connectivity index (χ1n) is 5.87. The van der Waals surface area contributed by atoms with Crippen LogP contribution in [0.2, 0.25) is 0 Å². The van der Waals surface area contributed by atoms with Gasteiger partial charge < -0.3 is 10.1 Å². The first kappa shape index (κ1) is 14.7. The Balaban J connectivity index is 2.38. The number of anilines is 1. The van der Waals surface area contributed by atoms with Crippen LogP contribution in [-0.2, 0) is 9.84 Å². The van der Waals surface area contributed by atoms with Crippen molar-refractivity contribution in [3.8, 4) is 5.88 Å². The van der Waals surface area contributed by atoms with Crippen LogP contribution < -0.4 is 10.1 Å². The molecule has 0 saturated heterocycles. The average Bonchev–Trinajstić information content (AvgIpc) is 2.31. The quantitative estimate of drug-likeness (QED) is 0.715. The lowest BCUT2D eigenvalue weighted by atomic mass is 10.4. The lowest BCUT2D eigenvalue weighted by Gasteiger charge is -2.07. The monoisotopic (exact) mass is 273 g/mol. The molecular formula is C11H19N3O3S. The van der Waals surface area contributed by atoms with Crippen LogP contribution in [0.5, 0.6) is 5.88 Å². The van der Waals surface area contributed by atoms with E-state index in [1.165, 1.54) is 12.6 Å². The van der Waals surface area contributed by atoms with E-state index in [1.54, 1.807) is 6.07 Å². The van der Waals surface area contributed by atoms with Crippen molar-refractivity contribution in [1.82, 2.24) is 9.97 Å². The summed E-state index contributed by atoms with van der Waals surface area (Å²) in [6.45, 7) is 3.19. The van der Waals surface area contributed by atoms with E-state index in [9.17, 15) is 8.42 Å². The van der Waals surface area contributed by atoms with Gasteiger partial charge in [-0.05, 0) is 12.8 Å². The maximum Gasteiger partial charge on any atom is 0.218 e. The number of hydrogen-bond donors (Lipinski definition) is 1. The lowest BCUT2D eigenvalue weighted by Crippen LogP contribution is -2.10. The molecule has 1 heterocycles. The predicted octanol–water partition coefficient (Wildman–Crippen LogP) is 1.11. The molecule has 1 N–H and O–H groups in total. The second kappa shape index (κ2) is 7.15. The molecule has 0 amide bonds. The Bertz CT molecular complexity index is 462. The topological polar surface area (TPSA) is 81.2 Å². The SMILES string of the molecule is CCCOc1cc(NCCCS(C)(=O)=O)ncn1. The molecule has 1 rings (SSSR count). The summed E-state index contributed by atoms with van der Waals surface area (Å²) >= 11 is 0. The van der Waals surface area contributed by atoms with E-state index in [1.807, 2.05) is 6.92 Å². The second-order valence-electron chi connectivity index (χ2n) is 4.00. The standard InChI is InChI=1S/C11H19N3O3S/c1-3-6-17-11-8-10(13-9-14-11)12-5-4-7-18(2,15)16/h8-9H,3-7H2,1-2H3,(H,12,13,14). The van der Waals surface area contributed by atoms with Gasteiger partial charge in [-0.25, -0.2) is 18.4 Å². The minimum atomic E-state index is -2.90. The summed E-state index contributed by atoms with van der Waals surface area (Å²) in [5, 5.41) is 3.04. The van der Waals surface area contributed by atoms with Crippen molar-refractivity contribution >= 4 is 15.7 Å². The summed E-state index contributed by atoms with van der Waals surface area (Å²) in [7, 11) is -2.90. The summed E-state index contributed by atoms with van der Waals surface area (Å²) in [5.74, 6) is 1.34. The Hall–Kier alpha value is -1.37. The van der Waals surface area contributed by atoms with Crippen molar-refractivity contribution in [2.24, 2.45) is 0 Å². The number of hydrogen-bond acceptors (Lipinski definition) is 6. The summed E-state index contributed by atoms with van der Waals surface area (Å²) in [4.78, 5) is 8.00. The molecule has 0 aliphatic rings. The lowest BCUT2D eigenvalue weighted by molar-refractivity contribution is 0.305. The number of nitrogens with one attached hydrogen (secondary N) is 1. The third-order valence-electron chi connectivity index (χ3n) is 2.09. The van der Waals surface area contributed by atoms with Gasteiger partial charge in [-0.3, -0.25) is 0 Å². The van der Waals surface area contributed by atoms with E-state index < -0.39 is 9.84 Å². The number of aromatic nitrogens is 2. The van der Waals surface area contributed by atoms with Gasteiger partial charge in [-0.2, -0.15) is 0 Å². The molecule has 0 unspecified atom stereocenters. The van der Waals surface area contributed by atoms with Gasteiger partial charge in [0, 0.05) is 18.9 Å². The molecule has 1 aromatic heterocycles. The Morgan fingerprint density at radius 1 is 1.39 bits per heavy atom. The molecule has 0 bridgehead atoms. The van der Waals surface area contributed by atoms with Crippen LogP contribution in [0, 0.1) is 0 Å². The minimum Gasteiger partial charge on any atom is -0.478 e. The van der Waals surface area contributed by atoms with Crippen LogP contribution in [0.4, 0.5) is 5.82 Å².